The average molecular weight is 355 g/mol. The summed E-state index contributed by atoms with van der Waals surface area (Å²) in [6, 6.07) is 4.43. The molecule has 134 valence electrons. The van der Waals surface area contributed by atoms with Crippen LogP contribution in [-0.2, 0) is 9.84 Å². The van der Waals surface area contributed by atoms with E-state index in [9.17, 15) is 18.3 Å². The highest BCUT2D eigenvalue weighted by atomic mass is 32.2. The molecule has 0 saturated heterocycles. The molecular formula is C17H25NO5S. The van der Waals surface area contributed by atoms with Crippen LogP contribution >= 0.6 is 0 Å². The zero-order chi connectivity index (χ0) is 18.0. The zero-order valence-electron chi connectivity index (χ0n) is 14.3. The van der Waals surface area contributed by atoms with Crippen LogP contribution in [0.4, 0.5) is 0 Å². The highest BCUT2D eigenvalue weighted by Crippen LogP contribution is 2.39. The Morgan fingerprint density at radius 3 is 2.75 bits per heavy atom. The third-order valence-electron chi connectivity index (χ3n) is 4.07. The largest absolute Gasteiger partial charge is 0.487 e. The average Bonchev–Trinajstić information content (AvgIpc) is 2.49. The van der Waals surface area contributed by atoms with Gasteiger partial charge < -0.3 is 9.84 Å². The molecule has 1 atom stereocenters. The van der Waals surface area contributed by atoms with Gasteiger partial charge >= 0.3 is 5.97 Å². The van der Waals surface area contributed by atoms with Crippen molar-refractivity contribution < 1.29 is 23.1 Å². The lowest BCUT2D eigenvalue weighted by atomic mass is 9.89. The van der Waals surface area contributed by atoms with Crippen LogP contribution in [0.15, 0.2) is 18.2 Å². The van der Waals surface area contributed by atoms with E-state index in [1.165, 1.54) is 6.07 Å². The number of hydrogen-bond acceptors (Lipinski definition) is 5. The molecule has 0 aromatic heterocycles. The van der Waals surface area contributed by atoms with Crippen molar-refractivity contribution >= 4 is 15.8 Å². The first-order valence-corrected chi connectivity index (χ1v) is 9.96. The molecule has 2 N–H and O–H groups in total. The summed E-state index contributed by atoms with van der Waals surface area (Å²) >= 11 is 0. The lowest BCUT2D eigenvalue weighted by molar-refractivity contribution is 0.0662. The van der Waals surface area contributed by atoms with Gasteiger partial charge in [-0.1, -0.05) is 13.3 Å². The van der Waals surface area contributed by atoms with Crippen LogP contribution in [-0.4, -0.2) is 36.7 Å². The van der Waals surface area contributed by atoms with Crippen LogP contribution in [0.5, 0.6) is 5.75 Å². The van der Waals surface area contributed by atoms with Crippen LogP contribution in [0.3, 0.4) is 0 Å². The Balaban J connectivity index is 2.23. The van der Waals surface area contributed by atoms with E-state index in [1.54, 1.807) is 12.1 Å². The molecule has 0 amide bonds. The monoisotopic (exact) mass is 355 g/mol. The zero-order valence-corrected chi connectivity index (χ0v) is 15.1. The maximum atomic E-state index is 12.1. The second-order valence-electron chi connectivity index (χ2n) is 6.83. The third-order valence-corrected chi connectivity index (χ3v) is 5.59. The van der Waals surface area contributed by atoms with Gasteiger partial charge in [0.2, 0.25) is 0 Å². The number of unbranched alkanes of at least 4 members (excludes halogenated alkanes) is 1. The van der Waals surface area contributed by atoms with Crippen molar-refractivity contribution in [3.05, 3.63) is 29.3 Å². The van der Waals surface area contributed by atoms with E-state index in [0.717, 1.165) is 6.42 Å². The minimum absolute atomic E-state index is 0.121. The van der Waals surface area contributed by atoms with Crippen molar-refractivity contribution in [2.75, 3.05) is 11.6 Å². The van der Waals surface area contributed by atoms with E-state index >= 15 is 0 Å². The van der Waals surface area contributed by atoms with E-state index in [-0.39, 0.29) is 23.2 Å². The number of fused-ring (bicyclic) bond motifs is 1. The SMILES string of the molecule is CCCCS(=O)(=O)CNC1CC(C)(C)Oc2ccc(C(=O)O)cc21. The highest BCUT2D eigenvalue weighted by molar-refractivity contribution is 7.91. The van der Waals surface area contributed by atoms with Gasteiger partial charge in [0, 0.05) is 18.0 Å². The van der Waals surface area contributed by atoms with Crippen molar-refractivity contribution in [3.63, 3.8) is 0 Å². The molecule has 7 heteroatoms. The van der Waals surface area contributed by atoms with Crippen LogP contribution in [0.25, 0.3) is 0 Å². The quantitative estimate of drug-likeness (QED) is 0.781. The summed E-state index contributed by atoms with van der Waals surface area (Å²) in [6.45, 7) is 5.82. The van der Waals surface area contributed by atoms with Gasteiger partial charge in [-0.25, -0.2) is 13.2 Å². The number of aromatic carboxylic acids is 1. The summed E-state index contributed by atoms with van der Waals surface area (Å²) in [5.74, 6) is -0.382. The van der Waals surface area contributed by atoms with E-state index in [0.29, 0.717) is 24.2 Å². The number of hydrogen-bond donors (Lipinski definition) is 2. The number of carbonyl (C=O) groups is 1. The number of benzene rings is 1. The molecule has 1 aromatic carbocycles. The topological polar surface area (TPSA) is 92.7 Å². The first-order chi connectivity index (χ1) is 11.1. The molecular weight excluding hydrogens is 330 g/mol. The highest BCUT2D eigenvalue weighted by Gasteiger charge is 2.34. The van der Waals surface area contributed by atoms with Gasteiger partial charge in [0.05, 0.1) is 17.2 Å². The number of carboxylic acids is 1. The van der Waals surface area contributed by atoms with Gasteiger partial charge in [0.25, 0.3) is 0 Å². The lowest BCUT2D eigenvalue weighted by Gasteiger charge is -2.38. The Labute approximate surface area is 143 Å². The second-order valence-corrected chi connectivity index (χ2v) is 9.01. The van der Waals surface area contributed by atoms with Gasteiger partial charge in [0.15, 0.2) is 9.84 Å². The van der Waals surface area contributed by atoms with E-state index in [2.05, 4.69) is 5.32 Å². The fourth-order valence-corrected chi connectivity index (χ4v) is 4.16. The molecule has 0 spiro atoms. The second kappa shape index (κ2) is 7.11. The van der Waals surface area contributed by atoms with E-state index < -0.39 is 21.4 Å². The van der Waals surface area contributed by atoms with Crippen LogP contribution < -0.4 is 10.1 Å². The molecule has 1 aliphatic rings. The molecule has 6 nitrogen and oxygen atoms in total. The van der Waals surface area contributed by atoms with Gasteiger partial charge in [-0.15, -0.1) is 0 Å². The minimum Gasteiger partial charge on any atom is -0.487 e. The molecule has 0 radical (unpaired) electrons. The fourth-order valence-electron chi connectivity index (χ4n) is 2.83. The van der Waals surface area contributed by atoms with Gasteiger partial charge in [0.1, 0.15) is 11.4 Å². The first-order valence-electron chi connectivity index (χ1n) is 8.13. The molecule has 0 saturated carbocycles. The molecule has 1 heterocycles. The predicted octanol–water partition coefficient (Wildman–Crippen LogP) is 2.75. The number of ether oxygens (including phenoxy) is 1. The Morgan fingerprint density at radius 2 is 2.12 bits per heavy atom. The maximum Gasteiger partial charge on any atom is 0.335 e. The summed E-state index contributed by atoms with van der Waals surface area (Å²) in [5, 5.41) is 12.3. The van der Waals surface area contributed by atoms with E-state index in [4.69, 9.17) is 4.74 Å². The maximum absolute atomic E-state index is 12.1. The fraction of sp³-hybridized carbons (Fsp3) is 0.588. The molecule has 1 aromatic rings. The van der Waals surface area contributed by atoms with Crippen molar-refractivity contribution in [1.29, 1.82) is 0 Å². The van der Waals surface area contributed by atoms with Gasteiger partial charge in [-0.3, -0.25) is 5.32 Å². The number of rotatable bonds is 7. The lowest BCUT2D eigenvalue weighted by Crippen LogP contribution is -2.41. The first kappa shape index (κ1) is 18.7. The minimum atomic E-state index is -3.18. The van der Waals surface area contributed by atoms with Crippen LogP contribution in [0.1, 0.15) is 62.0 Å². The molecule has 2 rings (SSSR count). The Kier molecular flexibility index (Phi) is 5.55. The smallest absolute Gasteiger partial charge is 0.335 e. The van der Waals surface area contributed by atoms with Crippen molar-refractivity contribution in [3.8, 4) is 5.75 Å². The molecule has 0 bridgehead atoms. The molecule has 1 unspecified atom stereocenters. The third kappa shape index (κ3) is 4.70. The van der Waals surface area contributed by atoms with Crippen molar-refractivity contribution in [2.45, 2.75) is 51.7 Å². The Morgan fingerprint density at radius 1 is 1.42 bits per heavy atom. The summed E-state index contributed by atoms with van der Waals surface area (Å²) in [4.78, 5) is 11.2. The number of carboxylic acid groups (broad SMARTS) is 1. The predicted molar refractivity (Wildman–Crippen MR) is 92.2 cm³/mol. The normalized spacial score (nSPS) is 19.4. The van der Waals surface area contributed by atoms with Crippen LogP contribution in [0.2, 0.25) is 0 Å². The van der Waals surface area contributed by atoms with Gasteiger partial charge in [-0.05, 0) is 38.5 Å². The Bertz CT molecular complexity index is 712. The summed E-state index contributed by atoms with van der Waals surface area (Å²) in [7, 11) is -3.18. The Hall–Kier alpha value is -1.60. The molecule has 1 aliphatic heterocycles. The molecule has 0 aliphatic carbocycles. The van der Waals surface area contributed by atoms with Gasteiger partial charge in [-0.2, -0.15) is 0 Å². The van der Waals surface area contributed by atoms with Crippen molar-refractivity contribution in [1.82, 2.24) is 5.32 Å². The van der Waals surface area contributed by atoms with E-state index in [1.807, 2.05) is 20.8 Å². The summed E-state index contributed by atoms with van der Waals surface area (Å²) < 4.78 is 30.1. The summed E-state index contributed by atoms with van der Waals surface area (Å²) in [5.41, 5.74) is 0.403. The standard InChI is InChI=1S/C17H25NO5S/c1-4-5-8-24(21,22)11-18-14-10-17(2,3)23-15-7-6-12(16(19)20)9-13(14)15/h6-7,9,14,18H,4-5,8,10-11H2,1-3H3,(H,19,20). The molecule has 0 fully saturated rings. The number of nitrogens with one attached hydrogen (secondary N) is 1. The van der Waals surface area contributed by atoms with Crippen molar-refractivity contribution in [2.24, 2.45) is 0 Å². The molecule has 24 heavy (non-hydrogen) atoms. The number of sulfone groups is 1. The van der Waals surface area contributed by atoms with Crippen LogP contribution in [0, 0.1) is 0 Å². The summed E-state index contributed by atoms with van der Waals surface area (Å²) in [6.07, 6.45) is 2.03.